The zero-order valence-corrected chi connectivity index (χ0v) is 19.9. The minimum atomic E-state index is -0.534. The molecule has 4 aliphatic carbocycles. The second-order valence-corrected chi connectivity index (χ2v) is 11.4. The molecule has 0 amide bonds. The molecule has 8 rings (SSSR count). The number of Topliss-reactive ketones (excluding diaryl/α,β-unsaturated/α-hetero) is 1. The predicted molar refractivity (Wildman–Crippen MR) is 134 cm³/mol. The molecule has 0 N–H and O–H groups in total. The Bertz CT molecular complexity index is 1550. The topological polar surface area (TPSA) is 42.9 Å². The maximum absolute atomic E-state index is 14.7. The summed E-state index contributed by atoms with van der Waals surface area (Å²) in [5, 5.41) is 2.22. The van der Waals surface area contributed by atoms with Crippen LogP contribution in [0.2, 0.25) is 0 Å². The lowest BCUT2D eigenvalue weighted by molar-refractivity contribution is -0.125. The fraction of sp³-hybridized carbons (Fsp3) is 0.323. The molecule has 4 aromatic rings. The first-order valence-corrected chi connectivity index (χ1v) is 12.4. The molecule has 2 fully saturated rings. The molecule has 2 aromatic heterocycles. The van der Waals surface area contributed by atoms with Crippen LogP contribution in [0.4, 0.5) is 0 Å². The van der Waals surface area contributed by atoms with E-state index in [2.05, 4.69) is 64.1 Å². The summed E-state index contributed by atoms with van der Waals surface area (Å²) in [6.07, 6.45) is 3.69. The molecule has 166 valence electrons. The highest BCUT2D eigenvalue weighted by molar-refractivity contribution is 6.19. The van der Waals surface area contributed by atoms with Crippen LogP contribution in [-0.2, 0) is 15.6 Å². The van der Waals surface area contributed by atoms with Crippen molar-refractivity contribution in [2.75, 3.05) is 0 Å². The van der Waals surface area contributed by atoms with E-state index in [4.69, 9.17) is 9.97 Å². The number of hydrogen-bond acceptors (Lipinski definition) is 3. The summed E-state index contributed by atoms with van der Waals surface area (Å²) in [4.78, 5) is 24.2. The van der Waals surface area contributed by atoms with Crippen LogP contribution >= 0.6 is 0 Å². The number of rotatable bonds is 0. The van der Waals surface area contributed by atoms with Gasteiger partial charge in [0.05, 0.1) is 21.9 Å². The van der Waals surface area contributed by atoms with Crippen LogP contribution in [0.1, 0.15) is 61.8 Å². The Kier molecular flexibility index (Phi) is 3.16. The Morgan fingerprint density at radius 1 is 0.735 bits per heavy atom. The highest BCUT2D eigenvalue weighted by Gasteiger charge is 2.78. The van der Waals surface area contributed by atoms with Gasteiger partial charge in [0.2, 0.25) is 0 Å². The van der Waals surface area contributed by atoms with Gasteiger partial charge in [0.25, 0.3) is 0 Å². The van der Waals surface area contributed by atoms with Gasteiger partial charge in [0, 0.05) is 35.0 Å². The van der Waals surface area contributed by atoms with Crippen molar-refractivity contribution in [2.24, 2.45) is 11.8 Å². The zero-order valence-electron chi connectivity index (χ0n) is 19.9. The first-order chi connectivity index (χ1) is 16.4. The number of carbonyl (C=O) groups is 1. The van der Waals surface area contributed by atoms with E-state index in [-0.39, 0.29) is 11.8 Å². The van der Waals surface area contributed by atoms with E-state index in [1.54, 1.807) is 5.57 Å². The van der Waals surface area contributed by atoms with Crippen molar-refractivity contribution in [3.63, 3.8) is 0 Å². The molecule has 3 heteroatoms. The summed E-state index contributed by atoms with van der Waals surface area (Å²) < 4.78 is 0. The number of allylic oxidation sites excluding steroid dienone is 2. The first-order valence-electron chi connectivity index (χ1n) is 12.4. The van der Waals surface area contributed by atoms with Gasteiger partial charge >= 0.3 is 0 Å². The van der Waals surface area contributed by atoms with Crippen LogP contribution in [0.25, 0.3) is 21.8 Å². The molecule has 0 saturated heterocycles. The van der Waals surface area contributed by atoms with E-state index in [9.17, 15) is 4.79 Å². The maximum atomic E-state index is 14.7. The van der Waals surface area contributed by atoms with Crippen LogP contribution in [0.15, 0.2) is 72.1 Å². The number of ketones is 1. The summed E-state index contributed by atoms with van der Waals surface area (Å²) in [7, 11) is 0. The highest BCUT2D eigenvalue weighted by atomic mass is 16.1. The fourth-order valence-electron chi connectivity index (χ4n) is 9.14. The monoisotopic (exact) mass is 442 g/mol. The molecule has 2 saturated carbocycles. The molecule has 4 aliphatic rings. The molecular weight excluding hydrogens is 416 g/mol. The number of pyridine rings is 2. The van der Waals surface area contributed by atoms with Crippen molar-refractivity contribution in [2.45, 2.75) is 50.4 Å². The third-order valence-electron chi connectivity index (χ3n) is 9.96. The van der Waals surface area contributed by atoms with Gasteiger partial charge in [-0.3, -0.25) is 14.8 Å². The van der Waals surface area contributed by atoms with Crippen molar-refractivity contribution in [3.8, 4) is 0 Å². The van der Waals surface area contributed by atoms with E-state index >= 15 is 0 Å². The van der Waals surface area contributed by atoms with Gasteiger partial charge in [-0.05, 0) is 73.9 Å². The van der Waals surface area contributed by atoms with Crippen LogP contribution in [0.5, 0.6) is 0 Å². The minimum absolute atomic E-state index is 0.278. The molecule has 2 heterocycles. The van der Waals surface area contributed by atoms with Gasteiger partial charge in [-0.15, -0.1) is 0 Å². The summed E-state index contributed by atoms with van der Waals surface area (Å²) in [6, 6.07) is 17.3. The van der Waals surface area contributed by atoms with Crippen molar-refractivity contribution in [1.82, 2.24) is 9.97 Å². The van der Waals surface area contributed by atoms with Gasteiger partial charge in [0.1, 0.15) is 0 Å². The summed E-state index contributed by atoms with van der Waals surface area (Å²) in [6.45, 7) is 9.04. The van der Waals surface area contributed by atoms with E-state index in [0.717, 1.165) is 21.8 Å². The molecule has 6 atom stereocenters. The second-order valence-electron chi connectivity index (χ2n) is 11.4. The zero-order chi connectivity index (χ0) is 23.1. The summed E-state index contributed by atoms with van der Waals surface area (Å²) in [5.41, 5.74) is 9.10. The quantitative estimate of drug-likeness (QED) is 0.181. The first kappa shape index (κ1) is 19.0. The Labute approximate surface area is 198 Å². The number of hydrogen-bond donors (Lipinski definition) is 0. The molecule has 0 aliphatic heterocycles. The lowest BCUT2D eigenvalue weighted by atomic mass is 9.58. The van der Waals surface area contributed by atoms with Gasteiger partial charge in [-0.25, -0.2) is 0 Å². The van der Waals surface area contributed by atoms with Crippen LogP contribution < -0.4 is 0 Å². The highest BCUT2D eigenvalue weighted by Crippen LogP contribution is 2.79. The molecule has 2 aromatic carbocycles. The van der Waals surface area contributed by atoms with Crippen LogP contribution in [0.3, 0.4) is 0 Å². The lowest BCUT2D eigenvalue weighted by Gasteiger charge is -2.43. The van der Waals surface area contributed by atoms with Gasteiger partial charge in [-0.1, -0.05) is 47.5 Å². The van der Waals surface area contributed by atoms with Crippen molar-refractivity contribution < 1.29 is 4.79 Å². The van der Waals surface area contributed by atoms with Crippen LogP contribution in [0, 0.1) is 11.8 Å². The number of nitrogens with zero attached hydrogens (tertiary/aromatic N) is 2. The molecule has 0 radical (unpaired) electrons. The standard InChI is InChI=1S/C31H26N2O/c1-15(2)20-21-16-9-5-6-10-17(16)22(20)26-25(21)30(3)23-18-11-7-13-32-27(18)28-19(12-8-14-33-28)24(23)31(26,4)29(30)34/h5-14,21-22,25-26H,1-4H3/t21-,22+,25?,26?,30+,31-. The lowest BCUT2D eigenvalue weighted by Crippen LogP contribution is -2.40. The summed E-state index contributed by atoms with van der Waals surface area (Å²) in [5.74, 6) is 1.59. The number of benzene rings is 2. The van der Waals surface area contributed by atoms with E-state index in [0.29, 0.717) is 17.6 Å². The second kappa shape index (κ2) is 5.66. The fourth-order valence-corrected chi connectivity index (χ4v) is 9.14. The Hall–Kier alpha value is -3.33. The largest absolute Gasteiger partial charge is 0.298 e. The van der Waals surface area contributed by atoms with E-state index in [1.807, 2.05) is 24.5 Å². The molecule has 34 heavy (non-hydrogen) atoms. The molecule has 0 spiro atoms. The SMILES string of the molecule is CC(C)=C1[C@@H]2c3ccccc3[C@H]1C1C2[C@]2(C)C(=O)[C@@]1(C)c1c2c2cccnc2c2ncccc12. The Morgan fingerprint density at radius 3 is 1.65 bits per heavy atom. The third-order valence-corrected chi connectivity index (χ3v) is 9.96. The van der Waals surface area contributed by atoms with E-state index in [1.165, 1.54) is 27.8 Å². The van der Waals surface area contributed by atoms with Gasteiger partial charge < -0.3 is 0 Å². The summed E-state index contributed by atoms with van der Waals surface area (Å²) >= 11 is 0. The smallest absolute Gasteiger partial charge is 0.154 e. The van der Waals surface area contributed by atoms with Crippen molar-refractivity contribution in [1.29, 1.82) is 0 Å². The van der Waals surface area contributed by atoms with Crippen molar-refractivity contribution >= 4 is 27.6 Å². The van der Waals surface area contributed by atoms with Gasteiger partial charge in [-0.2, -0.15) is 0 Å². The van der Waals surface area contributed by atoms with Gasteiger partial charge in [0.15, 0.2) is 5.78 Å². The predicted octanol–water partition coefficient (Wildman–Crippen LogP) is 6.36. The van der Waals surface area contributed by atoms with E-state index < -0.39 is 10.8 Å². The minimum Gasteiger partial charge on any atom is -0.298 e. The Balaban J connectivity index is 1.56. The number of aromatic nitrogens is 2. The maximum Gasteiger partial charge on any atom is 0.154 e. The number of fused-ring (bicyclic) bond motifs is 20. The normalized spacial score (nSPS) is 34.1. The average molecular weight is 443 g/mol. The molecule has 3 nitrogen and oxygen atoms in total. The molecule has 2 unspecified atom stereocenters. The third kappa shape index (κ3) is 1.70. The van der Waals surface area contributed by atoms with Crippen LogP contribution in [-0.4, -0.2) is 15.8 Å². The molecule has 4 bridgehead atoms. The Morgan fingerprint density at radius 2 is 1.21 bits per heavy atom. The average Bonchev–Trinajstić information content (AvgIpc) is 3.49. The van der Waals surface area contributed by atoms with Crippen molar-refractivity contribution in [3.05, 3.63) is 94.3 Å². The number of carbonyl (C=O) groups excluding carboxylic acids is 1. The molecular formula is C31H26N2O.